The molecular weight excluding hydrogens is 376 g/mol. The zero-order chi connectivity index (χ0) is 20.1. The monoisotopic (exact) mass is 402 g/mol. The maximum atomic E-state index is 12.3. The summed E-state index contributed by atoms with van der Waals surface area (Å²) in [5.74, 6) is 0.252. The minimum atomic E-state index is -3.54. The van der Waals surface area contributed by atoms with E-state index in [4.69, 9.17) is 4.74 Å². The van der Waals surface area contributed by atoms with Crippen LogP contribution in [0.2, 0.25) is 0 Å². The second kappa shape index (κ2) is 8.75. The molecule has 0 aliphatic heterocycles. The molecule has 0 spiro atoms. The number of benzene rings is 2. The largest absolute Gasteiger partial charge is 0.484 e. The Morgan fingerprint density at radius 3 is 2.57 bits per heavy atom. The van der Waals surface area contributed by atoms with Crippen molar-refractivity contribution in [1.82, 2.24) is 10.0 Å². The number of hydrogen-bond acceptors (Lipinski definition) is 4. The Labute approximate surface area is 166 Å². The van der Waals surface area contributed by atoms with Gasteiger partial charge in [-0.25, -0.2) is 13.1 Å². The van der Waals surface area contributed by atoms with Gasteiger partial charge in [0.1, 0.15) is 5.75 Å². The Kier molecular flexibility index (Phi) is 6.36. The van der Waals surface area contributed by atoms with Crippen LogP contribution in [0.5, 0.6) is 5.75 Å². The van der Waals surface area contributed by atoms with Crippen LogP contribution < -0.4 is 14.8 Å². The lowest BCUT2D eigenvalue weighted by Crippen LogP contribution is -2.34. The van der Waals surface area contributed by atoms with Gasteiger partial charge in [0.15, 0.2) is 6.61 Å². The number of aryl methyl sites for hydroxylation is 1. The van der Waals surface area contributed by atoms with Crippen LogP contribution in [0.3, 0.4) is 0 Å². The highest BCUT2D eigenvalue weighted by Gasteiger charge is 2.21. The molecule has 0 unspecified atom stereocenters. The standard InChI is InChI=1S/C21H26N2O4S/c1-15(2)23-28(25,26)18-12-10-17(11-13-18)27-14-21(24)22-20-9-5-7-16-6-3-4-8-19(16)20/h3-4,6,8,10-13,15,20,23H,5,7,9,14H2,1-2H3,(H,22,24)/t20-/m1/s1. The van der Waals surface area contributed by atoms with Crippen molar-refractivity contribution in [2.24, 2.45) is 0 Å². The molecule has 0 radical (unpaired) electrons. The maximum absolute atomic E-state index is 12.3. The third kappa shape index (κ3) is 5.11. The van der Waals surface area contributed by atoms with Crippen molar-refractivity contribution in [3.63, 3.8) is 0 Å². The first kappa shape index (κ1) is 20.4. The number of hydrogen-bond donors (Lipinski definition) is 2. The minimum Gasteiger partial charge on any atom is -0.484 e. The van der Waals surface area contributed by atoms with Gasteiger partial charge in [-0.15, -0.1) is 0 Å². The van der Waals surface area contributed by atoms with Crippen LogP contribution in [0, 0.1) is 0 Å². The minimum absolute atomic E-state index is 0.00989. The molecule has 28 heavy (non-hydrogen) atoms. The second-order valence-corrected chi connectivity index (χ2v) is 8.96. The maximum Gasteiger partial charge on any atom is 0.258 e. The van der Waals surface area contributed by atoms with Crippen LogP contribution in [0.15, 0.2) is 53.4 Å². The normalized spacial score (nSPS) is 16.5. The molecule has 3 rings (SSSR count). The highest BCUT2D eigenvalue weighted by molar-refractivity contribution is 7.89. The molecule has 1 atom stereocenters. The molecule has 2 N–H and O–H groups in total. The molecule has 1 aliphatic rings. The molecule has 0 saturated heterocycles. The fourth-order valence-corrected chi connectivity index (χ4v) is 4.63. The van der Waals surface area contributed by atoms with Gasteiger partial charge in [-0.2, -0.15) is 0 Å². The van der Waals surface area contributed by atoms with Crippen molar-refractivity contribution in [2.45, 2.75) is 50.1 Å². The SMILES string of the molecule is CC(C)NS(=O)(=O)c1ccc(OCC(=O)N[C@@H]2CCCc3ccccc32)cc1. The molecular formula is C21H26N2O4S. The fraction of sp³-hybridized carbons (Fsp3) is 0.381. The number of rotatable bonds is 7. The highest BCUT2D eigenvalue weighted by atomic mass is 32.2. The Morgan fingerprint density at radius 1 is 1.14 bits per heavy atom. The van der Waals surface area contributed by atoms with Crippen molar-refractivity contribution in [3.8, 4) is 5.75 Å². The molecule has 0 bridgehead atoms. The summed E-state index contributed by atoms with van der Waals surface area (Å²) in [6.07, 6.45) is 3.00. The van der Waals surface area contributed by atoms with Crippen molar-refractivity contribution in [2.75, 3.05) is 6.61 Å². The van der Waals surface area contributed by atoms with Gasteiger partial charge in [-0.1, -0.05) is 24.3 Å². The van der Waals surface area contributed by atoms with Crippen LogP contribution in [0.4, 0.5) is 0 Å². The molecule has 0 heterocycles. The topological polar surface area (TPSA) is 84.5 Å². The van der Waals surface area contributed by atoms with Gasteiger partial charge in [0.05, 0.1) is 10.9 Å². The van der Waals surface area contributed by atoms with Gasteiger partial charge in [0.2, 0.25) is 10.0 Å². The summed E-state index contributed by atoms with van der Waals surface area (Å²) in [5.41, 5.74) is 2.46. The molecule has 1 amide bonds. The van der Waals surface area contributed by atoms with E-state index in [2.05, 4.69) is 22.2 Å². The number of ether oxygens (including phenoxy) is 1. The summed E-state index contributed by atoms with van der Waals surface area (Å²) in [5, 5.41) is 3.03. The van der Waals surface area contributed by atoms with Crippen LogP contribution >= 0.6 is 0 Å². The fourth-order valence-electron chi connectivity index (χ4n) is 3.38. The Bertz CT molecular complexity index is 924. The van der Waals surface area contributed by atoms with E-state index in [1.165, 1.54) is 23.3 Å². The quantitative estimate of drug-likeness (QED) is 0.746. The van der Waals surface area contributed by atoms with Gasteiger partial charge in [-0.3, -0.25) is 4.79 Å². The smallest absolute Gasteiger partial charge is 0.258 e. The van der Waals surface area contributed by atoms with Crippen molar-refractivity contribution in [3.05, 3.63) is 59.7 Å². The Hall–Kier alpha value is -2.38. The molecule has 7 heteroatoms. The van der Waals surface area contributed by atoms with E-state index in [-0.39, 0.29) is 29.5 Å². The third-order valence-corrected chi connectivity index (χ3v) is 6.27. The zero-order valence-electron chi connectivity index (χ0n) is 16.1. The summed E-state index contributed by atoms with van der Waals surface area (Å²) in [4.78, 5) is 12.5. The first-order valence-corrected chi connectivity index (χ1v) is 11.0. The second-order valence-electron chi connectivity index (χ2n) is 7.25. The van der Waals surface area contributed by atoms with Crippen molar-refractivity contribution >= 4 is 15.9 Å². The summed E-state index contributed by atoms with van der Waals surface area (Å²) < 4.78 is 32.3. The lowest BCUT2D eigenvalue weighted by molar-refractivity contribution is -0.124. The van der Waals surface area contributed by atoms with Gasteiger partial charge in [0.25, 0.3) is 5.91 Å². The number of carbonyl (C=O) groups is 1. The van der Waals surface area contributed by atoms with Gasteiger partial charge >= 0.3 is 0 Å². The molecule has 1 aliphatic carbocycles. The number of nitrogens with one attached hydrogen (secondary N) is 2. The molecule has 150 valence electrons. The highest BCUT2D eigenvalue weighted by Crippen LogP contribution is 2.29. The molecule has 0 fully saturated rings. The lowest BCUT2D eigenvalue weighted by atomic mass is 9.88. The van der Waals surface area contributed by atoms with E-state index in [1.807, 2.05) is 12.1 Å². The Balaban J connectivity index is 1.56. The first-order chi connectivity index (χ1) is 13.3. The van der Waals surface area contributed by atoms with Crippen LogP contribution in [0.1, 0.15) is 43.9 Å². The van der Waals surface area contributed by atoms with E-state index >= 15 is 0 Å². The van der Waals surface area contributed by atoms with Gasteiger partial charge < -0.3 is 10.1 Å². The zero-order valence-corrected chi connectivity index (χ0v) is 17.0. The average Bonchev–Trinajstić information content (AvgIpc) is 2.66. The molecule has 0 saturated carbocycles. The molecule has 0 aromatic heterocycles. The van der Waals surface area contributed by atoms with Crippen LogP contribution in [-0.2, 0) is 21.2 Å². The number of amides is 1. The summed E-state index contributed by atoms with van der Waals surface area (Å²) in [6, 6.07) is 14.0. The predicted molar refractivity (Wildman–Crippen MR) is 108 cm³/mol. The van der Waals surface area contributed by atoms with Crippen molar-refractivity contribution in [1.29, 1.82) is 0 Å². The van der Waals surface area contributed by atoms with Gasteiger partial charge in [0, 0.05) is 6.04 Å². The predicted octanol–water partition coefficient (Wildman–Crippen LogP) is 2.95. The van der Waals surface area contributed by atoms with E-state index in [1.54, 1.807) is 26.0 Å². The van der Waals surface area contributed by atoms with E-state index in [9.17, 15) is 13.2 Å². The number of sulfonamides is 1. The van der Waals surface area contributed by atoms with Crippen LogP contribution in [-0.4, -0.2) is 27.0 Å². The Morgan fingerprint density at radius 2 is 1.86 bits per heavy atom. The summed E-state index contributed by atoms with van der Waals surface area (Å²) in [7, 11) is -3.54. The molecule has 2 aromatic rings. The lowest BCUT2D eigenvalue weighted by Gasteiger charge is -2.26. The van der Waals surface area contributed by atoms with E-state index in [0.717, 1.165) is 19.3 Å². The molecule has 6 nitrogen and oxygen atoms in total. The summed E-state index contributed by atoms with van der Waals surface area (Å²) in [6.45, 7) is 3.41. The summed E-state index contributed by atoms with van der Waals surface area (Å²) >= 11 is 0. The average molecular weight is 403 g/mol. The first-order valence-electron chi connectivity index (χ1n) is 9.47. The van der Waals surface area contributed by atoms with E-state index < -0.39 is 10.0 Å². The van der Waals surface area contributed by atoms with Crippen molar-refractivity contribution < 1.29 is 17.9 Å². The van der Waals surface area contributed by atoms with Gasteiger partial charge in [-0.05, 0) is 68.5 Å². The number of carbonyl (C=O) groups excluding carboxylic acids is 1. The number of fused-ring (bicyclic) bond motifs is 1. The third-order valence-electron chi connectivity index (χ3n) is 4.60. The molecule has 2 aromatic carbocycles. The van der Waals surface area contributed by atoms with Crippen LogP contribution in [0.25, 0.3) is 0 Å². The van der Waals surface area contributed by atoms with E-state index in [0.29, 0.717) is 5.75 Å².